The van der Waals surface area contributed by atoms with Crippen LogP contribution >= 0.6 is 11.6 Å². The van der Waals surface area contributed by atoms with Crippen molar-refractivity contribution in [3.8, 4) is 0 Å². The summed E-state index contributed by atoms with van der Waals surface area (Å²) in [5, 5.41) is 2.66. The number of amides is 4. The predicted molar refractivity (Wildman–Crippen MR) is 122 cm³/mol. The second-order valence-corrected chi connectivity index (χ2v) is 9.81. The number of nitrogens with one attached hydrogen (secondary N) is 1. The topological polar surface area (TPSA) is 86.8 Å². The second kappa shape index (κ2) is 9.61. The zero-order chi connectivity index (χ0) is 22.7. The number of likely N-dealkylation sites (tertiary alicyclic amines) is 1. The molecule has 0 atom stereocenters. The maximum absolute atomic E-state index is 13.2. The van der Waals surface area contributed by atoms with Crippen LogP contribution in [0, 0.1) is 11.3 Å². The number of urea groups is 1. The monoisotopic (exact) mass is 459 g/mol. The van der Waals surface area contributed by atoms with E-state index in [-0.39, 0.29) is 24.8 Å². The first-order valence-electron chi connectivity index (χ1n) is 11.5. The number of hydrogen-bond acceptors (Lipinski definition) is 4. The van der Waals surface area contributed by atoms with Gasteiger partial charge in [0.2, 0.25) is 5.91 Å². The van der Waals surface area contributed by atoms with Gasteiger partial charge in [-0.05, 0) is 74.5 Å². The third kappa shape index (κ3) is 4.82. The van der Waals surface area contributed by atoms with Crippen LogP contribution in [-0.4, -0.2) is 48.7 Å². The van der Waals surface area contributed by atoms with Gasteiger partial charge in [0.1, 0.15) is 6.29 Å². The fourth-order valence-corrected chi connectivity index (χ4v) is 5.62. The zero-order valence-corrected chi connectivity index (χ0v) is 19.0. The van der Waals surface area contributed by atoms with Crippen LogP contribution in [0.15, 0.2) is 18.2 Å². The molecular weight excluding hydrogens is 430 g/mol. The smallest absolute Gasteiger partial charge is 0.328 e. The minimum Gasteiger partial charge on any atom is -0.339 e. The van der Waals surface area contributed by atoms with Gasteiger partial charge in [0.05, 0.1) is 10.7 Å². The molecule has 8 heteroatoms. The Bertz CT molecular complexity index is 901. The van der Waals surface area contributed by atoms with Gasteiger partial charge < -0.3 is 9.69 Å². The normalized spacial score (nSPS) is 21.5. The molecule has 1 aromatic carbocycles. The molecule has 172 valence electrons. The van der Waals surface area contributed by atoms with Crippen molar-refractivity contribution in [1.29, 1.82) is 0 Å². The van der Waals surface area contributed by atoms with Crippen LogP contribution in [-0.2, 0) is 9.59 Å². The SMILES string of the molecule is O=CCCC1CCC2(CC1)CCN(C(=O)c1ccc(Cl)c(N3CCC(=O)NC3=O)c1)CC2. The van der Waals surface area contributed by atoms with Crippen molar-refractivity contribution < 1.29 is 19.2 Å². The quantitative estimate of drug-likeness (QED) is 0.669. The zero-order valence-electron chi connectivity index (χ0n) is 18.3. The van der Waals surface area contributed by atoms with Crippen molar-refractivity contribution >= 4 is 41.4 Å². The van der Waals surface area contributed by atoms with E-state index in [0.29, 0.717) is 34.0 Å². The van der Waals surface area contributed by atoms with Crippen molar-refractivity contribution in [2.45, 2.75) is 57.8 Å². The average molecular weight is 460 g/mol. The maximum atomic E-state index is 13.2. The number of benzene rings is 1. The van der Waals surface area contributed by atoms with Crippen LogP contribution < -0.4 is 10.2 Å². The maximum Gasteiger partial charge on any atom is 0.328 e. The molecule has 2 heterocycles. The minimum absolute atomic E-state index is 0.0501. The molecule has 3 aliphatic rings. The van der Waals surface area contributed by atoms with E-state index in [1.807, 2.05) is 4.90 Å². The number of carbonyl (C=O) groups is 4. The molecule has 2 aliphatic heterocycles. The van der Waals surface area contributed by atoms with Gasteiger partial charge in [-0.1, -0.05) is 11.6 Å². The number of anilines is 1. The van der Waals surface area contributed by atoms with Crippen LogP contribution in [0.1, 0.15) is 68.1 Å². The Balaban J connectivity index is 1.38. The molecule has 1 N–H and O–H groups in total. The summed E-state index contributed by atoms with van der Waals surface area (Å²) in [6.45, 7) is 1.70. The minimum atomic E-state index is -0.517. The first kappa shape index (κ1) is 22.8. The van der Waals surface area contributed by atoms with Crippen LogP contribution in [0.25, 0.3) is 0 Å². The Hall–Kier alpha value is -2.41. The molecular formula is C24H30ClN3O4. The highest BCUT2D eigenvalue weighted by atomic mass is 35.5. The molecule has 32 heavy (non-hydrogen) atoms. The van der Waals surface area contributed by atoms with Gasteiger partial charge in [-0.3, -0.25) is 19.8 Å². The lowest BCUT2D eigenvalue weighted by Gasteiger charge is -2.46. The van der Waals surface area contributed by atoms with Gasteiger partial charge in [0.15, 0.2) is 0 Å². The fraction of sp³-hybridized carbons (Fsp3) is 0.583. The van der Waals surface area contributed by atoms with Crippen LogP contribution in [0.2, 0.25) is 5.02 Å². The Kier molecular flexibility index (Phi) is 6.84. The van der Waals surface area contributed by atoms with Crippen molar-refractivity contribution in [1.82, 2.24) is 10.2 Å². The summed E-state index contributed by atoms with van der Waals surface area (Å²) in [4.78, 5) is 50.8. The van der Waals surface area contributed by atoms with E-state index in [0.717, 1.165) is 38.6 Å². The first-order chi connectivity index (χ1) is 15.4. The summed E-state index contributed by atoms with van der Waals surface area (Å²) in [7, 11) is 0. The van der Waals surface area contributed by atoms with Crippen molar-refractivity contribution in [2.75, 3.05) is 24.5 Å². The highest BCUT2D eigenvalue weighted by Gasteiger charge is 2.39. The number of imide groups is 1. The Morgan fingerprint density at radius 3 is 2.50 bits per heavy atom. The van der Waals surface area contributed by atoms with Gasteiger partial charge in [-0.15, -0.1) is 0 Å². The summed E-state index contributed by atoms with van der Waals surface area (Å²) < 4.78 is 0. The molecule has 4 rings (SSSR count). The van der Waals surface area contributed by atoms with Crippen molar-refractivity contribution in [3.05, 3.63) is 28.8 Å². The number of rotatable bonds is 5. The molecule has 2 saturated heterocycles. The Morgan fingerprint density at radius 2 is 1.84 bits per heavy atom. The highest BCUT2D eigenvalue weighted by molar-refractivity contribution is 6.34. The number of carbonyl (C=O) groups excluding carboxylic acids is 4. The number of hydrogen-bond donors (Lipinski definition) is 1. The summed E-state index contributed by atoms with van der Waals surface area (Å²) in [5.74, 6) is 0.306. The molecule has 1 aliphatic carbocycles. The molecule has 0 unspecified atom stereocenters. The van der Waals surface area contributed by atoms with E-state index < -0.39 is 6.03 Å². The highest BCUT2D eigenvalue weighted by Crippen LogP contribution is 2.47. The predicted octanol–water partition coefficient (Wildman–Crippen LogP) is 4.18. The van der Waals surface area contributed by atoms with E-state index in [2.05, 4.69) is 5.32 Å². The molecule has 1 saturated carbocycles. The fourth-order valence-electron chi connectivity index (χ4n) is 5.40. The number of piperidine rings is 1. The Morgan fingerprint density at radius 1 is 1.12 bits per heavy atom. The van der Waals surface area contributed by atoms with Crippen molar-refractivity contribution in [3.63, 3.8) is 0 Å². The number of aldehydes is 1. The second-order valence-electron chi connectivity index (χ2n) is 9.40. The number of halogens is 1. The third-order valence-electron chi connectivity index (χ3n) is 7.51. The van der Waals surface area contributed by atoms with Gasteiger partial charge in [-0.25, -0.2) is 4.79 Å². The third-order valence-corrected chi connectivity index (χ3v) is 7.83. The van der Waals surface area contributed by atoms with Gasteiger partial charge >= 0.3 is 6.03 Å². The summed E-state index contributed by atoms with van der Waals surface area (Å²) >= 11 is 6.31. The summed E-state index contributed by atoms with van der Waals surface area (Å²) in [6.07, 6.45) is 9.65. The molecule has 7 nitrogen and oxygen atoms in total. The van der Waals surface area contributed by atoms with E-state index in [4.69, 9.17) is 11.6 Å². The first-order valence-corrected chi connectivity index (χ1v) is 11.9. The van der Waals surface area contributed by atoms with Crippen LogP contribution in [0.3, 0.4) is 0 Å². The molecule has 1 spiro atoms. The average Bonchev–Trinajstić information content (AvgIpc) is 2.80. The molecule has 4 amide bonds. The molecule has 1 aromatic rings. The molecule has 0 radical (unpaired) electrons. The van der Waals surface area contributed by atoms with Crippen LogP contribution in [0.4, 0.5) is 10.5 Å². The van der Waals surface area contributed by atoms with Gasteiger partial charge in [-0.2, -0.15) is 0 Å². The Labute approximate surface area is 193 Å². The lowest BCUT2D eigenvalue weighted by molar-refractivity contribution is -0.120. The number of nitrogens with zero attached hydrogens (tertiary/aromatic N) is 2. The van der Waals surface area contributed by atoms with Crippen molar-refractivity contribution in [2.24, 2.45) is 11.3 Å². The standard InChI is InChI=1S/C24H30ClN3O4/c25-19-4-3-18(16-20(19)28-12-7-21(30)26-23(28)32)22(31)27-13-10-24(11-14-27)8-5-17(6-9-24)2-1-15-29/h3-4,15-17H,1-2,5-14H2,(H,26,30,32). The van der Waals surface area contributed by atoms with Gasteiger partial charge in [0, 0.05) is 38.0 Å². The van der Waals surface area contributed by atoms with Crippen LogP contribution in [0.5, 0.6) is 0 Å². The lowest BCUT2D eigenvalue weighted by atomic mass is 9.65. The van der Waals surface area contributed by atoms with E-state index in [1.165, 1.54) is 30.6 Å². The lowest BCUT2D eigenvalue weighted by Crippen LogP contribution is -2.49. The largest absolute Gasteiger partial charge is 0.339 e. The van der Waals surface area contributed by atoms with E-state index in [1.54, 1.807) is 18.2 Å². The molecule has 0 bridgehead atoms. The van der Waals surface area contributed by atoms with E-state index in [9.17, 15) is 19.2 Å². The molecule has 0 aromatic heterocycles. The van der Waals surface area contributed by atoms with E-state index >= 15 is 0 Å². The molecule has 3 fully saturated rings. The summed E-state index contributed by atoms with van der Waals surface area (Å²) in [6, 6.07) is 4.48. The van der Waals surface area contributed by atoms with Gasteiger partial charge in [0.25, 0.3) is 5.91 Å². The summed E-state index contributed by atoms with van der Waals surface area (Å²) in [5.41, 5.74) is 1.28.